The van der Waals surface area contributed by atoms with E-state index in [0.29, 0.717) is 22.8 Å². The third-order valence-electron chi connectivity index (χ3n) is 3.95. The molecule has 0 aromatic heterocycles. The predicted molar refractivity (Wildman–Crippen MR) is 110 cm³/mol. The first-order chi connectivity index (χ1) is 14.4. The first-order valence-corrected chi connectivity index (χ1v) is 8.70. The van der Waals surface area contributed by atoms with Crippen LogP contribution in [0.25, 0.3) is 0 Å². The van der Waals surface area contributed by atoms with Crippen molar-refractivity contribution >= 4 is 35.0 Å². The quantitative estimate of drug-likeness (QED) is 0.382. The Morgan fingerprint density at radius 1 is 0.833 bits per heavy atom. The van der Waals surface area contributed by atoms with Crippen molar-refractivity contribution in [1.29, 1.82) is 0 Å². The zero-order chi connectivity index (χ0) is 22.1. The molecule has 2 rings (SSSR count). The van der Waals surface area contributed by atoms with Gasteiger partial charge >= 0.3 is 17.9 Å². The summed E-state index contributed by atoms with van der Waals surface area (Å²) in [6.07, 6.45) is 0.948. The van der Waals surface area contributed by atoms with Gasteiger partial charge < -0.3 is 29.6 Å². The van der Waals surface area contributed by atoms with E-state index in [1.54, 1.807) is 24.3 Å². The number of hydrogen-bond donors (Lipinski definition) is 2. The third-order valence-corrected chi connectivity index (χ3v) is 3.95. The highest BCUT2D eigenvalue weighted by molar-refractivity contribution is 6.00. The summed E-state index contributed by atoms with van der Waals surface area (Å²) in [4.78, 5) is 35.7. The fourth-order valence-electron chi connectivity index (χ4n) is 2.47. The number of para-hydroxylation sites is 2. The number of methoxy groups -OCH3 is 4. The van der Waals surface area contributed by atoms with Crippen LogP contribution in [0, 0.1) is 0 Å². The van der Waals surface area contributed by atoms with Gasteiger partial charge in [-0.05, 0) is 30.3 Å². The molecular weight excluding hydrogens is 392 g/mol. The van der Waals surface area contributed by atoms with Crippen molar-refractivity contribution in [2.24, 2.45) is 0 Å². The summed E-state index contributed by atoms with van der Waals surface area (Å²) in [5.74, 6) is -1.55. The van der Waals surface area contributed by atoms with Gasteiger partial charge in [0.05, 0.1) is 57.1 Å². The maximum atomic E-state index is 12.1. The van der Waals surface area contributed by atoms with Gasteiger partial charge in [0.1, 0.15) is 11.4 Å². The topological polar surface area (TPSA) is 112 Å². The molecule has 0 aliphatic heterocycles. The molecule has 30 heavy (non-hydrogen) atoms. The first kappa shape index (κ1) is 22.3. The van der Waals surface area contributed by atoms with Crippen LogP contribution in [0.2, 0.25) is 0 Å². The molecule has 9 nitrogen and oxygen atoms in total. The second-order valence-electron chi connectivity index (χ2n) is 5.77. The molecule has 0 heterocycles. The Morgan fingerprint density at radius 2 is 1.57 bits per heavy atom. The van der Waals surface area contributed by atoms with Crippen LogP contribution in [0.15, 0.2) is 54.2 Å². The standard InChI is InChI=1S/C21H22N2O7/c1-27-18-8-6-5-7-15(18)22-14-10-9-13(20(25)29-3)11-16(14)23-17(21(26)30-4)12-19(24)28-2/h5-12,22-23H,1-4H3/b17-12+. The van der Waals surface area contributed by atoms with E-state index in [-0.39, 0.29) is 11.3 Å². The van der Waals surface area contributed by atoms with Gasteiger partial charge in [-0.25, -0.2) is 14.4 Å². The van der Waals surface area contributed by atoms with Crippen LogP contribution < -0.4 is 15.4 Å². The van der Waals surface area contributed by atoms with E-state index in [4.69, 9.17) is 14.2 Å². The van der Waals surface area contributed by atoms with E-state index in [1.165, 1.54) is 34.5 Å². The lowest BCUT2D eigenvalue weighted by Gasteiger charge is -2.17. The predicted octanol–water partition coefficient (Wildman–Crippen LogP) is 2.87. The highest BCUT2D eigenvalue weighted by Crippen LogP contribution is 2.32. The number of hydrogen-bond acceptors (Lipinski definition) is 9. The van der Waals surface area contributed by atoms with Crippen molar-refractivity contribution < 1.29 is 33.3 Å². The number of carbonyl (C=O) groups is 3. The van der Waals surface area contributed by atoms with Gasteiger partial charge in [0.25, 0.3) is 0 Å². The minimum absolute atomic E-state index is 0.186. The second kappa shape index (κ2) is 10.5. The number of carbonyl (C=O) groups excluding carboxylic acids is 3. The molecule has 158 valence electrons. The Kier molecular flexibility index (Phi) is 7.81. The highest BCUT2D eigenvalue weighted by atomic mass is 16.5. The molecule has 0 saturated heterocycles. The van der Waals surface area contributed by atoms with Gasteiger partial charge in [0, 0.05) is 0 Å². The van der Waals surface area contributed by atoms with Gasteiger partial charge in [-0.2, -0.15) is 0 Å². The normalized spacial score (nSPS) is 10.6. The molecule has 0 saturated carbocycles. The highest BCUT2D eigenvalue weighted by Gasteiger charge is 2.17. The van der Waals surface area contributed by atoms with Crippen molar-refractivity contribution in [2.75, 3.05) is 39.1 Å². The maximum Gasteiger partial charge on any atom is 0.354 e. The Labute approximate surface area is 173 Å². The Balaban J connectivity index is 2.52. The number of anilines is 3. The average Bonchev–Trinajstić information content (AvgIpc) is 2.78. The molecule has 0 spiro atoms. The maximum absolute atomic E-state index is 12.1. The zero-order valence-corrected chi connectivity index (χ0v) is 17.0. The summed E-state index contributed by atoms with van der Waals surface area (Å²) in [5, 5.41) is 5.99. The Morgan fingerprint density at radius 3 is 2.20 bits per heavy atom. The van der Waals surface area contributed by atoms with E-state index >= 15 is 0 Å². The van der Waals surface area contributed by atoms with E-state index < -0.39 is 17.9 Å². The summed E-state index contributed by atoms with van der Waals surface area (Å²) in [5.41, 5.74) is 1.49. The molecular formula is C21H22N2O7. The van der Waals surface area contributed by atoms with Crippen molar-refractivity contribution in [3.8, 4) is 5.75 Å². The second-order valence-corrected chi connectivity index (χ2v) is 5.77. The van der Waals surface area contributed by atoms with Crippen LogP contribution in [-0.2, 0) is 23.8 Å². The molecule has 0 aliphatic carbocycles. The van der Waals surface area contributed by atoms with Gasteiger partial charge in [-0.3, -0.25) is 0 Å². The summed E-state index contributed by atoms with van der Waals surface area (Å²) in [6.45, 7) is 0. The summed E-state index contributed by atoms with van der Waals surface area (Å²) in [6, 6.07) is 11.8. The SMILES string of the molecule is COC(=O)/C=C(/Nc1cc(C(=O)OC)ccc1Nc1ccccc1OC)C(=O)OC. The molecule has 0 bridgehead atoms. The van der Waals surface area contributed by atoms with Crippen molar-refractivity contribution in [3.05, 3.63) is 59.8 Å². The van der Waals surface area contributed by atoms with E-state index in [9.17, 15) is 14.4 Å². The summed E-state index contributed by atoms with van der Waals surface area (Å²) < 4.78 is 19.4. The number of esters is 3. The fraction of sp³-hybridized carbons (Fsp3) is 0.190. The lowest BCUT2D eigenvalue weighted by atomic mass is 10.1. The van der Waals surface area contributed by atoms with E-state index in [1.807, 2.05) is 12.1 Å². The van der Waals surface area contributed by atoms with Crippen molar-refractivity contribution in [2.45, 2.75) is 0 Å². The van der Waals surface area contributed by atoms with Crippen LogP contribution in [0.1, 0.15) is 10.4 Å². The number of rotatable bonds is 8. The van der Waals surface area contributed by atoms with Gasteiger partial charge in [-0.15, -0.1) is 0 Å². The molecule has 2 N–H and O–H groups in total. The number of nitrogens with one attached hydrogen (secondary N) is 2. The Bertz CT molecular complexity index is 970. The average molecular weight is 414 g/mol. The van der Waals surface area contributed by atoms with Gasteiger partial charge in [0.15, 0.2) is 0 Å². The number of ether oxygens (including phenoxy) is 4. The van der Waals surface area contributed by atoms with Gasteiger partial charge in [0.2, 0.25) is 0 Å². The largest absolute Gasteiger partial charge is 0.495 e. The third kappa shape index (κ3) is 5.51. The molecule has 0 fully saturated rings. The lowest BCUT2D eigenvalue weighted by Crippen LogP contribution is -2.16. The molecule has 0 radical (unpaired) electrons. The molecule has 2 aromatic carbocycles. The van der Waals surface area contributed by atoms with Crippen LogP contribution >= 0.6 is 0 Å². The fourth-order valence-corrected chi connectivity index (χ4v) is 2.47. The van der Waals surface area contributed by atoms with E-state index in [2.05, 4.69) is 15.4 Å². The lowest BCUT2D eigenvalue weighted by molar-refractivity contribution is -0.138. The van der Waals surface area contributed by atoms with Crippen molar-refractivity contribution in [3.63, 3.8) is 0 Å². The summed E-state index contributed by atoms with van der Waals surface area (Å²) in [7, 11) is 5.15. The summed E-state index contributed by atoms with van der Waals surface area (Å²) >= 11 is 0. The molecule has 2 aromatic rings. The molecule has 0 atom stereocenters. The minimum atomic E-state index is -0.799. The Hall–Kier alpha value is -4.01. The molecule has 0 amide bonds. The van der Waals surface area contributed by atoms with Gasteiger partial charge in [-0.1, -0.05) is 12.1 Å². The number of benzene rings is 2. The van der Waals surface area contributed by atoms with Crippen molar-refractivity contribution in [1.82, 2.24) is 0 Å². The molecule has 9 heteroatoms. The van der Waals surface area contributed by atoms with Crippen LogP contribution in [-0.4, -0.2) is 46.3 Å². The molecule has 0 aliphatic rings. The smallest absolute Gasteiger partial charge is 0.354 e. The minimum Gasteiger partial charge on any atom is -0.495 e. The zero-order valence-electron chi connectivity index (χ0n) is 17.0. The monoisotopic (exact) mass is 414 g/mol. The first-order valence-electron chi connectivity index (χ1n) is 8.70. The van der Waals surface area contributed by atoms with Crippen LogP contribution in [0.3, 0.4) is 0 Å². The van der Waals surface area contributed by atoms with E-state index in [0.717, 1.165) is 6.08 Å². The molecule has 0 unspecified atom stereocenters. The van der Waals surface area contributed by atoms with Crippen LogP contribution in [0.5, 0.6) is 5.75 Å². The van der Waals surface area contributed by atoms with Crippen LogP contribution in [0.4, 0.5) is 17.1 Å².